The van der Waals surface area contributed by atoms with Crippen molar-refractivity contribution < 1.29 is 18.3 Å². The van der Waals surface area contributed by atoms with Crippen LogP contribution in [0, 0.1) is 17.6 Å². The Balaban J connectivity index is 2.59. The fraction of sp³-hybridized carbons (Fsp3) is 0.533. The third-order valence-corrected chi connectivity index (χ3v) is 2.96. The molecule has 1 aromatic carbocycles. The number of nitrogens with one attached hydrogen (secondary N) is 1. The van der Waals surface area contributed by atoms with Crippen molar-refractivity contribution in [3.63, 3.8) is 0 Å². The number of ether oxygens (including phenoxy) is 1. The van der Waals surface area contributed by atoms with Gasteiger partial charge in [-0.25, -0.2) is 8.78 Å². The Kier molecular flexibility index (Phi) is 6.55. The van der Waals surface area contributed by atoms with Gasteiger partial charge in [0.15, 0.2) is 17.7 Å². The summed E-state index contributed by atoms with van der Waals surface area (Å²) in [6.07, 6.45) is -0.0591. The normalized spacial score (nSPS) is 13.9. The van der Waals surface area contributed by atoms with E-state index >= 15 is 0 Å². The van der Waals surface area contributed by atoms with Crippen LogP contribution in [0.25, 0.3) is 0 Å². The van der Waals surface area contributed by atoms with Gasteiger partial charge in [-0.05, 0) is 31.4 Å². The van der Waals surface area contributed by atoms with E-state index in [-0.39, 0.29) is 17.7 Å². The molecule has 2 atom stereocenters. The van der Waals surface area contributed by atoms with Crippen molar-refractivity contribution >= 4 is 5.91 Å². The molecule has 118 valence electrons. The van der Waals surface area contributed by atoms with Crippen molar-refractivity contribution in [3.05, 3.63) is 29.8 Å². The van der Waals surface area contributed by atoms with Crippen LogP contribution in [0.2, 0.25) is 0 Å². The second-order valence-corrected chi connectivity index (χ2v) is 5.41. The minimum absolute atomic E-state index is 0.102. The highest BCUT2D eigenvalue weighted by Crippen LogP contribution is 2.17. The molecule has 0 radical (unpaired) electrons. The number of carbonyl (C=O) groups excluding carboxylic acids is 1. The molecule has 0 aromatic heterocycles. The smallest absolute Gasteiger partial charge is 0.261 e. The van der Waals surface area contributed by atoms with E-state index in [1.54, 1.807) is 6.92 Å². The minimum Gasteiger partial charge on any atom is -0.481 e. The standard InChI is InChI=1S/C15H22F2N2O2/c1-9(2)6-11(8-18)19-15(20)10(3)21-12-4-5-13(16)14(17)7-12/h4-5,7,9-11H,6,8,18H2,1-3H3,(H,19,20). The highest BCUT2D eigenvalue weighted by Gasteiger charge is 2.19. The molecule has 0 saturated heterocycles. The predicted molar refractivity (Wildman–Crippen MR) is 76.9 cm³/mol. The summed E-state index contributed by atoms with van der Waals surface area (Å²) in [5, 5.41) is 2.79. The van der Waals surface area contributed by atoms with Crippen LogP contribution in [0.5, 0.6) is 5.75 Å². The molecule has 0 aliphatic heterocycles. The summed E-state index contributed by atoms with van der Waals surface area (Å²) in [5.41, 5.74) is 5.61. The first kappa shape index (κ1) is 17.4. The van der Waals surface area contributed by atoms with Crippen LogP contribution >= 0.6 is 0 Å². The van der Waals surface area contributed by atoms with Crippen molar-refractivity contribution in [2.45, 2.75) is 39.3 Å². The quantitative estimate of drug-likeness (QED) is 0.811. The molecule has 0 aliphatic rings. The van der Waals surface area contributed by atoms with Gasteiger partial charge < -0.3 is 15.8 Å². The van der Waals surface area contributed by atoms with Crippen LogP contribution in [-0.2, 0) is 4.79 Å². The van der Waals surface area contributed by atoms with Crippen LogP contribution in [0.1, 0.15) is 27.2 Å². The Morgan fingerprint density at radius 2 is 1.95 bits per heavy atom. The molecular formula is C15H22F2N2O2. The molecule has 6 heteroatoms. The van der Waals surface area contributed by atoms with Gasteiger partial charge in [0, 0.05) is 18.7 Å². The third-order valence-electron chi connectivity index (χ3n) is 2.96. The molecule has 0 spiro atoms. The summed E-state index contributed by atoms with van der Waals surface area (Å²) >= 11 is 0. The number of rotatable bonds is 7. The largest absolute Gasteiger partial charge is 0.481 e. The van der Waals surface area contributed by atoms with Crippen molar-refractivity contribution in [1.29, 1.82) is 0 Å². The summed E-state index contributed by atoms with van der Waals surface area (Å²) in [4.78, 5) is 12.0. The molecule has 2 unspecified atom stereocenters. The van der Waals surface area contributed by atoms with Gasteiger partial charge in [0.1, 0.15) is 5.75 Å². The molecule has 0 fully saturated rings. The summed E-state index contributed by atoms with van der Waals surface area (Å²) in [6.45, 7) is 5.95. The second kappa shape index (κ2) is 7.93. The Morgan fingerprint density at radius 1 is 1.29 bits per heavy atom. The van der Waals surface area contributed by atoms with Crippen LogP contribution in [-0.4, -0.2) is 24.6 Å². The van der Waals surface area contributed by atoms with Crippen LogP contribution in [0.4, 0.5) is 8.78 Å². The maximum absolute atomic E-state index is 13.1. The molecule has 21 heavy (non-hydrogen) atoms. The monoisotopic (exact) mass is 300 g/mol. The van der Waals surface area contributed by atoms with Gasteiger partial charge in [0.2, 0.25) is 0 Å². The average Bonchev–Trinajstić information content (AvgIpc) is 2.41. The lowest BCUT2D eigenvalue weighted by atomic mass is 10.0. The number of carbonyl (C=O) groups is 1. The highest BCUT2D eigenvalue weighted by molar-refractivity contribution is 5.81. The number of halogens is 2. The van der Waals surface area contributed by atoms with Gasteiger partial charge in [-0.1, -0.05) is 13.8 Å². The predicted octanol–water partition coefficient (Wildman–Crippen LogP) is 2.22. The van der Waals surface area contributed by atoms with E-state index in [0.29, 0.717) is 12.5 Å². The zero-order valence-electron chi connectivity index (χ0n) is 12.5. The number of hydrogen-bond donors (Lipinski definition) is 2. The lowest BCUT2D eigenvalue weighted by molar-refractivity contribution is -0.128. The van der Waals surface area contributed by atoms with E-state index in [0.717, 1.165) is 18.6 Å². The zero-order chi connectivity index (χ0) is 16.0. The van der Waals surface area contributed by atoms with Gasteiger partial charge in [-0.3, -0.25) is 4.79 Å². The first-order chi connectivity index (χ1) is 9.83. The fourth-order valence-corrected chi connectivity index (χ4v) is 1.91. The SMILES string of the molecule is CC(C)CC(CN)NC(=O)C(C)Oc1ccc(F)c(F)c1. The second-order valence-electron chi connectivity index (χ2n) is 5.41. The van der Waals surface area contributed by atoms with Gasteiger partial charge in [-0.15, -0.1) is 0 Å². The Labute approximate surface area is 123 Å². The van der Waals surface area contributed by atoms with Gasteiger partial charge >= 0.3 is 0 Å². The number of amides is 1. The molecule has 3 N–H and O–H groups in total. The summed E-state index contributed by atoms with van der Waals surface area (Å²) in [6, 6.07) is 3.01. The summed E-state index contributed by atoms with van der Waals surface area (Å²) in [5.74, 6) is -1.80. The summed E-state index contributed by atoms with van der Waals surface area (Å²) in [7, 11) is 0. The first-order valence-corrected chi connectivity index (χ1v) is 6.95. The van der Waals surface area contributed by atoms with E-state index < -0.39 is 17.7 Å². The minimum atomic E-state index is -1.01. The molecule has 1 rings (SSSR count). The Morgan fingerprint density at radius 3 is 2.48 bits per heavy atom. The van der Waals surface area contributed by atoms with E-state index in [9.17, 15) is 13.6 Å². The van der Waals surface area contributed by atoms with E-state index in [1.807, 2.05) is 13.8 Å². The molecule has 4 nitrogen and oxygen atoms in total. The van der Waals surface area contributed by atoms with Crippen molar-refractivity contribution in [3.8, 4) is 5.75 Å². The third kappa shape index (κ3) is 5.67. The van der Waals surface area contributed by atoms with Crippen LogP contribution in [0.3, 0.4) is 0 Å². The van der Waals surface area contributed by atoms with Gasteiger partial charge in [0.25, 0.3) is 5.91 Å². The van der Waals surface area contributed by atoms with E-state index in [4.69, 9.17) is 10.5 Å². The number of benzene rings is 1. The van der Waals surface area contributed by atoms with Gasteiger partial charge in [0.05, 0.1) is 0 Å². The average molecular weight is 300 g/mol. The summed E-state index contributed by atoms with van der Waals surface area (Å²) < 4.78 is 31.2. The van der Waals surface area contributed by atoms with Crippen molar-refractivity contribution in [2.24, 2.45) is 11.7 Å². The van der Waals surface area contributed by atoms with E-state index in [1.165, 1.54) is 6.07 Å². The molecular weight excluding hydrogens is 278 g/mol. The topological polar surface area (TPSA) is 64.3 Å². The molecule has 1 amide bonds. The van der Waals surface area contributed by atoms with Crippen molar-refractivity contribution in [1.82, 2.24) is 5.32 Å². The van der Waals surface area contributed by atoms with Crippen LogP contribution < -0.4 is 15.8 Å². The molecule has 0 saturated carbocycles. The molecule has 0 bridgehead atoms. The fourth-order valence-electron chi connectivity index (χ4n) is 1.91. The van der Waals surface area contributed by atoms with E-state index in [2.05, 4.69) is 5.32 Å². The van der Waals surface area contributed by atoms with Gasteiger partial charge in [-0.2, -0.15) is 0 Å². The van der Waals surface area contributed by atoms with Crippen LogP contribution in [0.15, 0.2) is 18.2 Å². The Bertz CT molecular complexity index is 481. The zero-order valence-corrected chi connectivity index (χ0v) is 12.5. The molecule has 0 heterocycles. The highest BCUT2D eigenvalue weighted by atomic mass is 19.2. The number of hydrogen-bond acceptors (Lipinski definition) is 3. The van der Waals surface area contributed by atoms with Crippen molar-refractivity contribution in [2.75, 3.05) is 6.54 Å². The first-order valence-electron chi connectivity index (χ1n) is 6.95. The lowest BCUT2D eigenvalue weighted by Crippen LogP contribution is -2.46. The maximum atomic E-state index is 13.1. The molecule has 0 aliphatic carbocycles. The maximum Gasteiger partial charge on any atom is 0.261 e. The molecule has 1 aromatic rings. The number of nitrogens with two attached hydrogens (primary N) is 1. The lowest BCUT2D eigenvalue weighted by Gasteiger charge is -2.21. The Hall–Kier alpha value is -1.69.